The molecule has 1 unspecified atom stereocenters. The monoisotopic (exact) mass is 593 g/mol. The second kappa shape index (κ2) is 12.6. The lowest BCUT2D eigenvalue weighted by Gasteiger charge is -2.47. The molecule has 2 saturated heterocycles. The van der Waals surface area contributed by atoms with Gasteiger partial charge in [0, 0.05) is 36.2 Å². The fourth-order valence-electron chi connectivity index (χ4n) is 6.03. The summed E-state index contributed by atoms with van der Waals surface area (Å²) in [5.74, 6) is 0.455. The van der Waals surface area contributed by atoms with Crippen molar-refractivity contribution in [2.75, 3.05) is 53.0 Å². The number of hydrogen-bond acceptors (Lipinski definition) is 8. The third kappa shape index (κ3) is 6.35. The summed E-state index contributed by atoms with van der Waals surface area (Å²) in [5.41, 5.74) is 3.05. The Bertz CT molecular complexity index is 1550. The van der Waals surface area contributed by atoms with Crippen LogP contribution in [0.5, 0.6) is 0 Å². The second-order valence-corrected chi connectivity index (χ2v) is 11.5. The molecule has 4 N–H and O–H groups in total. The molecule has 0 saturated carbocycles. The van der Waals surface area contributed by atoms with E-state index in [1.165, 1.54) is 32.0 Å². The maximum Gasteiger partial charge on any atom is 0.231 e. The summed E-state index contributed by atoms with van der Waals surface area (Å²) in [6, 6.07) is 13.9. The number of piperidine rings is 2. The molecule has 2 fully saturated rings. The van der Waals surface area contributed by atoms with Gasteiger partial charge in [-0.2, -0.15) is 9.97 Å². The van der Waals surface area contributed by atoms with E-state index in [0.29, 0.717) is 39.6 Å². The van der Waals surface area contributed by atoms with E-state index >= 15 is 4.39 Å². The zero-order valence-electron chi connectivity index (χ0n) is 23.0. The molecule has 2 aromatic carbocycles. The average molecular weight is 594 g/mol. The normalized spacial score (nSPS) is 17.5. The highest BCUT2D eigenvalue weighted by molar-refractivity contribution is 7.80. The van der Waals surface area contributed by atoms with Gasteiger partial charge in [0.15, 0.2) is 0 Å². The minimum absolute atomic E-state index is 0. The van der Waals surface area contributed by atoms with E-state index in [9.17, 15) is 8.76 Å². The molecule has 1 spiro atoms. The lowest BCUT2D eigenvalue weighted by molar-refractivity contribution is 0.0830. The standard InChI is InChI=1S/C29H35FN8O2S.CH4/c1-2-37-15-10-29(11-16-37)12-17-38(18-13-29)25-8-7-20(19-22(25)30)32-28-34-26-21(9-14-31-26)27(35-28)33-23-5-3-4-6-24(23)36-41(39)40;/h3-9,14,19,36H,2,10-13,15-18H2,1H3,(H,39,40)(H3,31,32,33,34,35);1H4/p-1. The molecule has 42 heavy (non-hydrogen) atoms. The van der Waals surface area contributed by atoms with E-state index in [1.54, 1.807) is 30.5 Å². The first-order chi connectivity index (χ1) is 19.9. The first-order valence-electron chi connectivity index (χ1n) is 14.0. The number of aromatic amines is 1. The van der Waals surface area contributed by atoms with Gasteiger partial charge >= 0.3 is 0 Å². The minimum Gasteiger partial charge on any atom is -0.755 e. The van der Waals surface area contributed by atoms with Crippen LogP contribution in [0.1, 0.15) is 40.0 Å². The van der Waals surface area contributed by atoms with Gasteiger partial charge in [-0.3, -0.25) is 4.21 Å². The highest BCUT2D eigenvalue weighted by Crippen LogP contribution is 2.42. The summed E-state index contributed by atoms with van der Waals surface area (Å²) in [7, 11) is 0. The van der Waals surface area contributed by atoms with Gasteiger partial charge in [0.1, 0.15) is 17.3 Å². The van der Waals surface area contributed by atoms with Gasteiger partial charge in [0.05, 0.1) is 22.4 Å². The maximum atomic E-state index is 15.4. The number of fused-ring (bicyclic) bond motifs is 1. The zero-order valence-corrected chi connectivity index (χ0v) is 23.8. The summed E-state index contributed by atoms with van der Waals surface area (Å²) in [4.78, 5) is 16.9. The highest BCUT2D eigenvalue weighted by Gasteiger charge is 2.37. The molecule has 224 valence electrons. The molecule has 2 aromatic heterocycles. The van der Waals surface area contributed by atoms with Crippen LogP contribution in [0.3, 0.4) is 0 Å². The van der Waals surface area contributed by atoms with Crippen LogP contribution in [0.2, 0.25) is 0 Å². The highest BCUT2D eigenvalue weighted by atomic mass is 32.2. The lowest BCUT2D eigenvalue weighted by atomic mass is 9.71. The van der Waals surface area contributed by atoms with Crippen molar-refractivity contribution >= 4 is 56.8 Å². The van der Waals surface area contributed by atoms with Gasteiger partial charge in [0.2, 0.25) is 5.95 Å². The molecular weight excluding hydrogens is 555 g/mol. The van der Waals surface area contributed by atoms with Crippen molar-refractivity contribution in [2.24, 2.45) is 5.41 Å². The third-order valence-electron chi connectivity index (χ3n) is 8.52. The molecule has 0 aliphatic carbocycles. The fourth-order valence-corrected chi connectivity index (χ4v) is 6.38. The number of likely N-dealkylation sites (tertiary alicyclic amines) is 1. The minimum atomic E-state index is -2.48. The topological polar surface area (TPSA) is 124 Å². The second-order valence-electron chi connectivity index (χ2n) is 10.9. The predicted octanol–water partition coefficient (Wildman–Crippen LogP) is 6.13. The molecule has 12 heteroatoms. The van der Waals surface area contributed by atoms with Crippen LogP contribution in [0.25, 0.3) is 11.0 Å². The van der Waals surface area contributed by atoms with Crippen molar-refractivity contribution in [3.63, 3.8) is 0 Å². The largest absolute Gasteiger partial charge is 0.755 e. The van der Waals surface area contributed by atoms with Crippen LogP contribution in [-0.4, -0.2) is 61.3 Å². The molecule has 0 radical (unpaired) electrons. The van der Waals surface area contributed by atoms with Crippen LogP contribution in [0.4, 0.5) is 38.9 Å². The molecule has 10 nitrogen and oxygen atoms in total. The van der Waals surface area contributed by atoms with Crippen LogP contribution in [0.15, 0.2) is 54.7 Å². The van der Waals surface area contributed by atoms with Gasteiger partial charge in [-0.1, -0.05) is 26.5 Å². The molecule has 2 aliphatic heterocycles. The molecule has 0 bridgehead atoms. The average Bonchev–Trinajstić information content (AvgIpc) is 3.44. The lowest BCUT2D eigenvalue weighted by Crippen LogP contribution is -2.47. The summed E-state index contributed by atoms with van der Waals surface area (Å²) >= 11 is -2.48. The molecule has 0 amide bonds. The van der Waals surface area contributed by atoms with E-state index in [2.05, 4.69) is 47.0 Å². The number of nitrogens with one attached hydrogen (secondary N) is 4. The Labute approximate surface area is 248 Å². The summed E-state index contributed by atoms with van der Waals surface area (Å²) in [6.07, 6.45) is 6.43. The first kappa shape index (κ1) is 29.7. The number of aromatic nitrogens is 3. The Balaban J connectivity index is 0.00000353. The number of anilines is 6. The molecule has 1 atom stereocenters. The van der Waals surface area contributed by atoms with Crippen LogP contribution in [-0.2, 0) is 11.3 Å². The first-order valence-corrected chi connectivity index (χ1v) is 15.1. The summed E-state index contributed by atoms with van der Waals surface area (Å²) < 4.78 is 40.2. The Morgan fingerprint density at radius 2 is 1.71 bits per heavy atom. The van der Waals surface area contributed by atoms with Crippen molar-refractivity contribution in [3.8, 4) is 0 Å². The van der Waals surface area contributed by atoms with Crippen molar-refractivity contribution in [1.29, 1.82) is 0 Å². The molecule has 2 aliphatic rings. The Hall–Kier alpha value is -3.74. The number of H-pyrrole nitrogens is 1. The van der Waals surface area contributed by atoms with Crippen LogP contribution >= 0.6 is 0 Å². The van der Waals surface area contributed by atoms with Gasteiger partial charge in [0.25, 0.3) is 0 Å². The third-order valence-corrected chi connectivity index (χ3v) is 8.91. The number of benzene rings is 2. The van der Waals surface area contributed by atoms with E-state index in [0.717, 1.165) is 37.9 Å². The van der Waals surface area contributed by atoms with Crippen molar-refractivity contribution in [1.82, 2.24) is 19.9 Å². The summed E-state index contributed by atoms with van der Waals surface area (Å²) in [6.45, 7) is 7.42. The molecule has 4 heterocycles. The number of hydrogen-bond donors (Lipinski definition) is 4. The maximum absolute atomic E-state index is 15.4. The van der Waals surface area contributed by atoms with Crippen LogP contribution in [0, 0.1) is 11.2 Å². The Morgan fingerprint density at radius 3 is 2.40 bits per heavy atom. The summed E-state index contributed by atoms with van der Waals surface area (Å²) in [5, 5.41) is 7.04. The number of rotatable bonds is 8. The van der Waals surface area contributed by atoms with Gasteiger partial charge in [-0.05, 0) is 87.1 Å². The predicted molar refractivity (Wildman–Crippen MR) is 168 cm³/mol. The van der Waals surface area contributed by atoms with E-state index in [-0.39, 0.29) is 19.2 Å². The number of halogens is 1. The van der Waals surface area contributed by atoms with E-state index in [4.69, 9.17) is 0 Å². The van der Waals surface area contributed by atoms with E-state index in [1.807, 2.05) is 18.2 Å². The van der Waals surface area contributed by atoms with E-state index < -0.39 is 11.3 Å². The van der Waals surface area contributed by atoms with Gasteiger partial charge in [-0.25, -0.2) is 4.39 Å². The van der Waals surface area contributed by atoms with Gasteiger partial charge in [-0.15, -0.1) is 0 Å². The Morgan fingerprint density at radius 1 is 1.00 bits per heavy atom. The molecule has 6 rings (SSSR count). The van der Waals surface area contributed by atoms with Crippen LogP contribution < -0.4 is 20.3 Å². The molecule has 4 aromatic rings. The SMILES string of the molecule is C.CCN1CCC2(CC1)CCN(c1ccc(Nc3nc(Nc4ccccc4NS(=O)[O-])c4cc[nH]c4n3)cc1F)CC2. The van der Waals surface area contributed by atoms with Gasteiger partial charge < -0.3 is 34.7 Å². The Kier molecular flexibility index (Phi) is 8.95. The van der Waals surface area contributed by atoms with Crippen molar-refractivity contribution < 1.29 is 13.2 Å². The fraction of sp³-hybridized carbons (Fsp3) is 0.400. The quantitative estimate of drug-likeness (QED) is 0.180. The molecular formula is C30H38FN8O2S-. The number of nitrogens with zero attached hydrogens (tertiary/aromatic N) is 4. The zero-order chi connectivity index (χ0) is 28.4. The number of para-hydroxylation sites is 2. The van der Waals surface area contributed by atoms with Crippen molar-refractivity contribution in [3.05, 3.63) is 60.5 Å². The van der Waals surface area contributed by atoms with Crippen molar-refractivity contribution in [2.45, 2.75) is 40.0 Å². The smallest absolute Gasteiger partial charge is 0.231 e.